The first-order valence-electron chi connectivity index (χ1n) is 9.69. The zero-order valence-electron chi connectivity index (χ0n) is 16.5. The van der Waals surface area contributed by atoms with E-state index in [0.717, 1.165) is 50.0 Å². The summed E-state index contributed by atoms with van der Waals surface area (Å²) in [6, 6.07) is 7.62. The molecule has 27 heavy (non-hydrogen) atoms. The molecule has 2 aliphatic heterocycles. The van der Waals surface area contributed by atoms with Gasteiger partial charge in [0.1, 0.15) is 23.7 Å². The summed E-state index contributed by atoms with van der Waals surface area (Å²) in [4.78, 5) is 6.68. The van der Waals surface area contributed by atoms with Crippen molar-refractivity contribution in [3.8, 4) is 11.5 Å². The molecule has 0 spiro atoms. The smallest absolute Gasteiger partial charge is 0.193 e. The van der Waals surface area contributed by atoms with Crippen LogP contribution in [0.2, 0.25) is 0 Å². The maximum absolute atomic E-state index is 5.96. The van der Waals surface area contributed by atoms with Gasteiger partial charge in [0.2, 0.25) is 0 Å². The molecular weight excluding hydrogens is 346 g/mol. The van der Waals surface area contributed by atoms with E-state index in [1.54, 1.807) is 7.11 Å². The fourth-order valence-electron chi connectivity index (χ4n) is 3.48. The van der Waals surface area contributed by atoms with Crippen LogP contribution >= 0.6 is 0 Å². The Kier molecular flexibility index (Phi) is 7.18. The van der Waals surface area contributed by atoms with E-state index in [2.05, 4.69) is 15.2 Å². The minimum atomic E-state index is 0.00477. The van der Waals surface area contributed by atoms with Gasteiger partial charge >= 0.3 is 0 Å². The molecule has 1 aromatic rings. The van der Waals surface area contributed by atoms with Gasteiger partial charge in [0.15, 0.2) is 5.96 Å². The van der Waals surface area contributed by atoms with Crippen molar-refractivity contribution in [3.63, 3.8) is 0 Å². The highest BCUT2D eigenvalue weighted by atomic mass is 16.5. The van der Waals surface area contributed by atoms with E-state index in [-0.39, 0.29) is 18.3 Å². The van der Waals surface area contributed by atoms with Gasteiger partial charge in [0.25, 0.3) is 0 Å². The van der Waals surface area contributed by atoms with Crippen molar-refractivity contribution in [2.75, 3.05) is 47.0 Å². The summed E-state index contributed by atoms with van der Waals surface area (Å²) in [5.41, 5.74) is 0. The molecule has 0 amide bonds. The number of morpholine rings is 1. The lowest BCUT2D eigenvalue weighted by Gasteiger charge is -2.37. The third-order valence-electron chi connectivity index (χ3n) is 4.93. The number of hydrogen-bond donors (Lipinski definition) is 1. The van der Waals surface area contributed by atoms with E-state index in [4.69, 9.17) is 18.9 Å². The number of ether oxygens (including phenoxy) is 4. The average Bonchev–Trinajstić information content (AvgIpc) is 3.24. The number of aliphatic imine (C=N–C) groups is 1. The number of methoxy groups -OCH3 is 1. The summed E-state index contributed by atoms with van der Waals surface area (Å²) >= 11 is 0. The number of guanidine groups is 1. The third kappa shape index (κ3) is 5.49. The molecule has 7 heteroatoms. The van der Waals surface area contributed by atoms with E-state index < -0.39 is 0 Å². The monoisotopic (exact) mass is 377 g/mol. The van der Waals surface area contributed by atoms with Gasteiger partial charge in [0.05, 0.1) is 26.4 Å². The summed E-state index contributed by atoms with van der Waals surface area (Å²) in [6.07, 6.45) is 2.54. The van der Waals surface area contributed by atoms with Crippen LogP contribution in [0.5, 0.6) is 11.5 Å². The maximum atomic E-state index is 5.96. The molecule has 0 radical (unpaired) electrons. The van der Waals surface area contributed by atoms with Gasteiger partial charge in [-0.2, -0.15) is 0 Å². The Morgan fingerprint density at radius 3 is 2.63 bits per heavy atom. The lowest BCUT2D eigenvalue weighted by atomic mass is 10.1. The van der Waals surface area contributed by atoms with Crippen LogP contribution in [-0.4, -0.2) is 76.2 Å². The van der Waals surface area contributed by atoms with E-state index in [0.29, 0.717) is 13.2 Å². The Bertz CT molecular complexity index is 602. The highest BCUT2D eigenvalue weighted by molar-refractivity contribution is 5.80. The molecule has 150 valence electrons. The molecule has 2 heterocycles. The first kappa shape index (κ1) is 19.8. The average molecular weight is 377 g/mol. The number of hydrogen-bond acceptors (Lipinski definition) is 5. The molecule has 7 nitrogen and oxygen atoms in total. The third-order valence-corrected chi connectivity index (χ3v) is 4.93. The second-order valence-electron chi connectivity index (χ2n) is 6.94. The summed E-state index contributed by atoms with van der Waals surface area (Å²) in [5.74, 6) is 2.53. The van der Waals surface area contributed by atoms with Gasteiger partial charge in [0, 0.05) is 26.7 Å². The standard InChI is InChI=1S/C20H31N3O4/c1-15(27-17-8-6-16(24-3)7-9-17)13-22-20(21-2)23-10-12-26-19(14-23)18-5-4-11-25-18/h6-9,15,18-19H,4-5,10-14H2,1-3H3,(H,21,22). The Labute approximate surface area is 161 Å². The van der Waals surface area contributed by atoms with Gasteiger partial charge in [-0.25, -0.2) is 0 Å². The van der Waals surface area contributed by atoms with E-state index >= 15 is 0 Å². The van der Waals surface area contributed by atoms with Crippen LogP contribution in [0, 0.1) is 0 Å². The normalized spacial score (nSPS) is 24.6. The van der Waals surface area contributed by atoms with Crippen molar-refractivity contribution in [2.24, 2.45) is 4.99 Å². The molecule has 3 rings (SSSR count). The van der Waals surface area contributed by atoms with Crippen molar-refractivity contribution >= 4 is 5.96 Å². The van der Waals surface area contributed by atoms with E-state index in [1.165, 1.54) is 0 Å². The van der Waals surface area contributed by atoms with Crippen molar-refractivity contribution in [1.29, 1.82) is 0 Å². The highest BCUT2D eigenvalue weighted by Crippen LogP contribution is 2.21. The van der Waals surface area contributed by atoms with Crippen LogP contribution in [0.15, 0.2) is 29.3 Å². The van der Waals surface area contributed by atoms with Gasteiger partial charge in [-0.3, -0.25) is 4.99 Å². The van der Waals surface area contributed by atoms with Crippen LogP contribution in [0.25, 0.3) is 0 Å². The van der Waals surface area contributed by atoms with Crippen LogP contribution in [0.3, 0.4) is 0 Å². The molecule has 2 saturated heterocycles. The first-order valence-corrected chi connectivity index (χ1v) is 9.69. The van der Waals surface area contributed by atoms with Gasteiger partial charge in [-0.1, -0.05) is 0 Å². The van der Waals surface area contributed by atoms with Gasteiger partial charge in [-0.15, -0.1) is 0 Å². The minimum Gasteiger partial charge on any atom is -0.497 e. The molecule has 0 aromatic heterocycles. The van der Waals surface area contributed by atoms with Crippen LogP contribution in [-0.2, 0) is 9.47 Å². The predicted molar refractivity (Wildman–Crippen MR) is 105 cm³/mol. The number of nitrogens with zero attached hydrogens (tertiary/aromatic N) is 2. The minimum absolute atomic E-state index is 0.00477. The highest BCUT2D eigenvalue weighted by Gasteiger charge is 2.32. The lowest BCUT2D eigenvalue weighted by Crippen LogP contribution is -2.54. The second-order valence-corrected chi connectivity index (χ2v) is 6.94. The largest absolute Gasteiger partial charge is 0.497 e. The number of nitrogens with one attached hydrogen (secondary N) is 1. The molecule has 0 aliphatic carbocycles. The fraction of sp³-hybridized carbons (Fsp3) is 0.650. The number of benzene rings is 1. The molecule has 2 aliphatic rings. The first-order chi connectivity index (χ1) is 13.2. The fourth-order valence-corrected chi connectivity index (χ4v) is 3.48. The molecule has 1 aromatic carbocycles. The van der Waals surface area contributed by atoms with Crippen molar-refractivity contribution in [2.45, 2.75) is 38.1 Å². The maximum Gasteiger partial charge on any atom is 0.193 e. The Hall–Kier alpha value is -1.99. The topological polar surface area (TPSA) is 64.6 Å². The predicted octanol–water partition coefficient (Wildman–Crippen LogP) is 1.92. The van der Waals surface area contributed by atoms with Crippen LogP contribution < -0.4 is 14.8 Å². The van der Waals surface area contributed by atoms with Crippen molar-refractivity contribution < 1.29 is 18.9 Å². The molecule has 2 fully saturated rings. The van der Waals surface area contributed by atoms with Crippen LogP contribution in [0.4, 0.5) is 0 Å². The number of rotatable bonds is 6. The molecule has 3 atom stereocenters. The molecule has 0 saturated carbocycles. The molecule has 0 bridgehead atoms. The summed E-state index contributed by atoms with van der Waals surface area (Å²) in [6.45, 7) is 5.88. The SMILES string of the molecule is CN=C(NCC(C)Oc1ccc(OC)cc1)N1CCOC(C2CCCO2)C1. The summed E-state index contributed by atoms with van der Waals surface area (Å²) < 4.78 is 22.9. The Balaban J connectivity index is 1.47. The molecule has 1 N–H and O–H groups in total. The van der Waals surface area contributed by atoms with Crippen LogP contribution in [0.1, 0.15) is 19.8 Å². The van der Waals surface area contributed by atoms with E-state index in [1.807, 2.05) is 38.2 Å². The Morgan fingerprint density at radius 2 is 1.96 bits per heavy atom. The van der Waals surface area contributed by atoms with Crippen molar-refractivity contribution in [3.05, 3.63) is 24.3 Å². The Morgan fingerprint density at radius 1 is 1.22 bits per heavy atom. The summed E-state index contributed by atoms with van der Waals surface area (Å²) in [7, 11) is 3.47. The molecule has 3 unspecified atom stereocenters. The van der Waals surface area contributed by atoms with Crippen molar-refractivity contribution in [1.82, 2.24) is 10.2 Å². The zero-order valence-corrected chi connectivity index (χ0v) is 16.5. The van der Waals surface area contributed by atoms with E-state index in [9.17, 15) is 0 Å². The van der Waals surface area contributed by atoms with Gasteiger partial charge in [-0.05, 0) is 44.0 Å². The quantitative estimate of drug-likeness (QED) is 0.604. The lowest BCUT2D eigenvalue weighted by molar-refractivity contribution is -0.0817. The van der Waals surface area contributed by atoms with Gasteiger partial charge < -0.3 is 29.2 Å². The summed E-state index contributed by atoms with van der Waals surface area (Å²) in [5, 5.41) is 3.42. The zero-order chi connectivity index (χ0) is 19.1. The second kappa shape index (κ2) is 9.80. The molecular formula is C20H31N3O4.